The molecule has 0 bridgehead atoms. The summed E-state index contributed by atoms with van der Waals surface area (Å²) in [5.41, 5.74) is 0. The fourth-order valence-corrected chi connectivity index (χ4v) is 2.52. The Labute approximate surface area is 118 Å². The van der Waals surface area contributed by atoms with Gasteiger partial charge in [-0.05, 0) is 12.5 Å². The molecule has 0 radical (unpaired) electrons. The molecule has 112 valence electrons. The lowest BCUT2D eigenvalue weighted by Crippen LogP contribution is -2.23. The Morgan fingerprint density at radius 3 is 2.50 bits per heavy atom. The number of aliphatic hydroxyl groups excluding tert-OH is 2. The normalized spacial score (nSPS) is 30.4. The average Bonchev–Trinajstić information content (AvgIpc) is 2.62. The van der Waals surface area contributed by atoms with Gasteiger partial charge in [0.25, 0.3) is 0 Å². The fourth-order valence-electron chi connectivity index (χ4n) is 2.52. The summed E-state index contributed by atoms with van der Waals surface area (Å²) >= 11 is 0. The van der Waals surface area contributed by atoms with Crippen molar-refractivity contribution >= 4 is 11.8 Å². The number of aliphatic carboxylic acids is 1. The van der Waals surface area contributed by atoms with Crippen molar-refractivity contribution in [3.63, 3.8) is 0 Å². The van der Waals surface area contributed by atoms with E-state index in [1.807, 2.05) is 13.0 Å². The molecule has 0 aromatic carbocycles. The molecule has 5 heteroatoms. The molecule has 4 atom stereocenters. The molecule has 1 aliphatic rings. The highest BCUT2D eigenvalue weighted by molar-refractivity contribution is 5.90. The number of rotatable bonds is 7. The number of hydrogen-bond donors (Lipinski definition) is 3. The third-order valence-electron chi connectivity index (χ3n) is 3.55. The number of carboxylic acids is 1. The molecule has 5 nitrogen and oxygen atoms in total. The zero-order valence-corrected chi connectivity index (χ0v) is 11.6. The van der Waals surface area contributed by atoms with Gasteiger partial charge in [-0.3, -0.25) is 9.59 Å². The molecule has 1 saturated carbocycles. The van der Waals surface area contributed by atoms with Crippen LogP contribution in [-0.2, 0) is 9.59 Å². The second kappa shape index (κ2) is 7.97. The first-order valence-electron chi connectivity index (χ1n) is 6.89. The lowest BCUT2D eigenvalue weighted by Gasteiger charge is -2.18. The van der Waals surface area contributed by atoms with Crippen LogP contribution in [0.2, 0.25) is 0 Å². The van der Waals surface area contributed by atoms with Crippen LogP contribution in [0.25, 0.3) is 0 Å². The zero-order valence-electron chi connectivity index (χ0n) is 11.6. The van der Waals surface area contributed by atoms with Crippen LogP contribution in [0.1, 0.15) is 32.6 Å². The second-order valence-electron chi connectivity index (χ2n) is 5.12. The van der Waals surface area contributed by atoms with Crippen molar-refractivity contribution in [2.24, 2.45) is 11.8 Å². The second-order valence-corrected chi connectivity index (χ2v) is 5.12. The fraction of sp³-hybridized carbons (Fsp3) is 0.600. The summed E-state index contributed by atoms with van der Waals surface area (Å²) in [6, 6.07) is 0. The minimum Gasteiger partial charge on any atom is -0.481 e. The molecule has 0 spiro atoms. The van der Waals surface area contributed by atoms with E-state index in [4.69, 9.17) is 5.11 Å². The summed E-state index contributed by atoms with van der Waals surface area (Å²) in [6.45, 7) is 1.98. The van der Waals surface area contributed by atoms with Crippen LogP contribution in [0.4, 0.5) is 0 Å². The largest absolute Gasteiger partial charge is 0.481 e. The number of aliphatic hydroxyl groups is 2. The Balaban J connectivity index is 2.64. The molecule has 0 aliphatic heterocycles. The molecular weight excluding hydrogens is 260 g/mol. The van der Waals surface area contributed by atoms with Gasteiger partial charge in [0.2, 0.25) is 0 Å². The van der Waals surface area contributed by atoms with Gasteiger partial charge in [0.05, 0.1) is 18.6 Å². The highest BCUT2D eigenvalue weighted by Gasteiger charge is 2.41. The minimum atomic E-state index is -1.02. The first-order chi connectivity index (χ1) is 9.45. The summed E-state index contributed by atoms with van der Waals surface area (Å²) in [7, 11) is 0. The topological polar surface area (TPSA) is 94.8 Å². The van der Waals surface area contributed by atoms with E-state index in [9.17, 15) is 19.8 Å². The maximum atomic E-state index is 11.6. The van der Waals surface area contributed by atoms with Crippen molar-refractivity contribution < 1.29 is 24.9 Å². The predicted octanol–water partition coefficient (Wildman–Crippen LogP) is 1.30. The Bertz CT molecular complexity index is 399. The van der Waals surface area contributed by atoms with Gasteiger partial charge in [-0.2, -0.15) is 0 Å². The number of hydrogen-bond acceptors (Lipinski definition) is 4. The first kappa shape index (κ1) is 16.6. The summed E-state index contributed by atoms with van der Waals surface area (Å²) < 4.78 is 0. The molecule has 20 heavy (non-hydrogen) atoms. The van der Waals surface area contributed by atoms with Gasteiger partial charge in [0.15, 0.2) is 5.78 Å². The Kier molecular flexibility index (Phi) is 6.61. The standard InChI is InChI=1S/C15H22O5/c1-2-3-4-5-10(16)6-7-11-12(8-15(19)20)14(18)9-13(11)17/h3-4,6-7,11-14,17-18H,2,5,8-9H2,1H3,(H,19,20)/b4-3-,7-6+/t11-,12-,13-,14+/m0/s1. The van der Waals surface area contributed by atoms with E-state index >= 15 is 0 Å². The Morgan fingerprint density at radius 2 is 1.90 bits per heavy atom. The predicted molar refractivity (Wildman–Crippen MR) is 74.1 cm³/mol. The molecule has 0 heterocycles. The molecular formula is C15H22O5. The lowest BCUT2D eigenvalue weighted by atomic mass is 9.90. The van der Waals surface area contributed by atoms with E-state index in [1.54, 1.807) is 6.08 Å². The minimum absolute atomic E-state index is 0.0997. The Hall–Kier alpha value is -1.46. The molecule has 0 unspecified atom stereocenters. The molecule has 0 aromatic heterocycles. The monoisotopic (exact) mass is 282 g/mol. The van der Waals surface area contributed by atoms with Crippen molar-refractivity contribution in [3.05, 3.63) is 24.3 Å². The van der Waals surface area contributed by atoms with Crippen molar-refractivity contribution in [2.45, 2.75) is 44.8 Å². The average molecular weight is 282 g/mol. The third-order valence-corrected chi connectivity index (χ3v) is 3.55. The molecule has 1 rings (SSSR count). The van der Waals surface area contributed by atoms with E-state index in [2.05, 4.69) is 0 Å². The van der Waals surface area contributed by atoms with Crippen LogP contribution in [-0.4, -0.2) is 39.3 Å². The van der Waals surface area contributed by atoms with Crippen molar-refractivity contribution in [1.29, 1.82) is 0 Å². The SMILES string of the molecule is CC/C=C\CC(=O)/C=C/[C@H]1[C@H](CC(=O)O)[C@H](O)C[C@@H]1O. The van der Waals surface area contributed by atoms with E-state index in [-0.39, 0.29) is 18.6 Å². The number of carbonyl (C=O) groups excluding carboxylic acids is 1. The zero-order chi connectivity index (χ0) is 15.1. The number of allylic oxidation sites excluding steroid dienone is 3. The lowest BCUT2D eigenvalue weighted by molar-refractivity contribution is -0.139. The van der Waals surface area contributed by atoms with E-state index in [0.29, 0.717) is 6.42 Å². The van der Waals surface area contributed by atoms with Gasteiger partial charge < -0.3 is 15.3 Å². The maximum Gasteiger partial charge on any atom is 0.303 e. The molecule has 1 fully saturated rings. The van der Waals surface area contributed by atoms with E-state index < -0.39 is 30.0 Å². The van der Waals surface area contributed by atoms with Crippen LogP contribution >= 0.6 is 0 Å². The van der Waals surface area contributed by atoms with Gasteiger partial charge in [-0.1, -0.05) is 25.2 Å². The smallest absolute Gasteiger partial charge is 0.303 e. The van der Waals surface area contributed by atoms with Crippen molar-refractivity contribution in [3.8, 4) is 0 Å². The number of ketones is 1. The van der Waals surface area contributed by atoms with Gasteiger partial charge in [0.1, 0.15) is 0 Å². The molecule has 3 N–H and O–H groups in total. The van der Waals surface area contributed by atoms with E-state index in [0.717, 1.165) is 6.42 Å². The third kappa shape index (κ3) is 4.90. The van der Waals surface area contributed by atoms with Gasteiger partial charge in [0, 0.05) is 24.7 Å². The van der Waals surface area contributed by atoms with Crippen LogP contribution in [0.15, 0.2) is 24.3 Å². The number of carbonyl (C=O) groups is 2. The van der Waals surface area contributed by atoms with Crippen LogP contribution in [0.5, 0.6) is 0 Å². The number of carboxylic acid groups (broad SMARTS) is 1. The first-order valence-corrected chi connectivity index (χ1v) is 6.89. The molecule has 1 aliphatic carbocycles. The van der Waals surface area contributed by atoms with Gasteiger partial charge >= 0.3 is 5.97 Å². The molecule has 0 aromatic rings. The highest BCUT2D eigenvalue weighted by atomic mass is 16.4. The summed E-state index contributed by atoms with van der Waals surface area (Å²) in [5.74, 6) is -2.14. The summed E-state index contributed by atoms with van der Waals surface area (Å²) in [6.07, 6.45) is 6.04. The highest BCUT2D eigenvalue weighted by Crippen LogP contribution is 2.35. The molecule has 0 saturated heterocycles. The maximum absolute atomic E-state index is 11.6. The van der Waals surface area contributed by atoms with Crippen molar-refractivity contribution in [2.75, 3.05) is 0 Å². The van der Waals surface area contributed by atoms with Crippen molar-refractivity contribution in [1.82, 2.24) is 0 Å². The molecule has 0 amide bonds. The van der Waals surface area contributed by atoms with Crippen LogP contribution < -0.4 is 0 Å². The van der Waals surface area contributed by atoms with Crippen LogP contribution in [0, 0.1) is 11.8 Å². The van der Waals surface area contributed by atoms with E-state index in [1.165, 1.54) is 12.2 Å². The van der Waals surface area contributed by atoms with Gasteiger partial charge in [-0.15, -0.1) is 0 Å². The quantitative estimate of drug-likeness (QED) is 0.483. The Morgan fingerprint density at radius 1 is 1.20 bits per heavy atom. The summed E-state index contributed by atoms with van der Waals surface area (Å²) in [5, 5.41) is 28.4. The summed E-state index contributed by atoms with van der Waals surface area (Å²) in [4.78, 5) is 22.4. The van der Waals surface area contributed by atoms with Gasteiger partial charge in [-0.25, -0.2) is 0 Å². The van der Waals surface area contributed by atoms with Crippen LogP contribution in [0.3, 0.4) is 0 Å².